The molecule has 0 amide bonds. The van der Waals surface area contributed by atoms with Gasteiger partial charge in [-0.3, -0.25) is 4.18 Å². The minimum absolute atomic E-state index is 0.272. The van der Waals surface area contributed by atoms with E-state index in [1.165, 1.54) is 22.3 Å². The molecule has 3 aromatic rings. The van der Waals surface area contributed by atoms with Gasteiger partial charge in [-0.25, -0.2) is 0 Å². The fourth-order valence-corrected chi connectivity index (χ4v) is 7.87. The van der Waals surface area contributed by atoms with Crippen molar-refractivity contribution in [2.45, 2.75) is 49.3 Å². The largest absolute Gasteiger partial charge is 0.482 e. The Kier molecular flexibility index (Phi) is 6.35. The van der Waals surface area contributed by atoms with Gasteiger partial charge in [-0.05, 0) is 67.6 Å². The van der Waals surface area contributed by atoms with Gasteiger partial charge in [0.25, 0.3) is 0 Å². The summed E-state index contributed by atoms with van der Waals surface area (Å²) in [4.78, 5) is 2.43. The van der Waals surface area contributed by atoms with Gasteiger partial charge in [0.15, 0.2) is 11.5 Å². The lowest BCUT2D eigenvalue weighted by Crippen LogP contribution is -2.64. The van der Waals surface area contributed by atoms with E-state index in [1.54, 1.807) is 0 Å². The highest BCUT2D eigenvalue weighted by Crippen LogP contribution is 2.62. The van der Waals surface area contributed by atoms with E-state index in [9.17, 15) is 9.32 Å². The molecule has 4 aliphatic rings. The van der Waals surface area contributed by atoms with Crippen LogP contribution in [0.2, 0.25) is 0 Å². The molecule has 6 unspecified atom stereocenters. The minimum Gasteiger partial charge on any atom is -0.482 e. The summed E-state index contributed by atoms with van der Waals surface area (Å²) in [6, 6.07) is 23.1. The van der Waals surface area contributed by atoms with E-state index in [1.807, 2.05) is 30.3 Å². The number of likely N-dealkylation sites (N-methyl/N-ethyl adjacent to an activating group) is 1. The Labute approximate surface area is 232 Å². The highest BCUT2D eigenvalue weighted by molar-refractivity contribution is 7.75. The number of hydrogen-bond donors (Lipinski definition) is 1. The molecule has 2 aliphatic heterocycles. The zero-order valence-electron chi connectivity index (χ0n) is 22.0. The molecule has 7 heteroatoms. The smallest absolute Gasteiger partial charge is 0.360 e. The lowest BCUT2D eigenvalue weighted by molar-refractivity contribution is -0.0452. The Hall–Kier alpha value is -2.97. The Morgan fingerprint density at radius 2 is 1.85 bits per heavy atom. The van der Waals surface area contributed by atoms with Crippen LogP contribution < -0.4 is 8.92 Å². The summed E-state index contributed by atoms with van der Waals surface area (Å²) in [5.41, 5.74) is 5.70. The van der Waals surface area contributed by atoms with E-state index in [-0.39, 0.29) is 17.4 Å². The topological polar surface area (TPSA) is 68.2 Å². The van der Waals surface area contributed by atoms with E-state index in [2.05, 4.69) is 60.5 Å². The third-order valence-corrected chi connectivity index (χ3v) is 9.82. The van der Waals surface area contributed by atoms with Crippen LogP contribution in [0.3, 0.4) is 0 Å². The Morgan fingerprint density at radius 3 is 2.67 bits per heavy atom. The number of aliphatic hydroxyl groups is 1. The van der Waals surface area contributed by atoms with E-state index in [0.29, 0.717) is 24.1 Å². The van der Waals surface area contributed by atoms with E-state index < -0.39 is 17.5 Å². The van der Waals surface area contributed by atoms with E-state index >= 15 is 0 Å². The fourth-order valence-electron chi connectivity index (χ4n) is 7.29. The molecule has 2 aliphatic carbocycles. The van der Waals surface area contributed by atoms with Gasteiger partial charge in [-0.2, -0.15) is 4.21 Å². The SMILES string of the molecule is CN1CCC23c4c5ccc(OS(=O)OCCCc6ccc(-c7ccccc7)cc6)c4OC2C(O)C=CC3C1C5. The number of aryl methyl sites for hydroxylation is 1. The first-order valence-electron chi connectivity index (χ1n) is 13.8. The first kappa shape index (κ1) is 25.0. The average Bonchev–Trinajstić information content (AvgIpc) is 3.32. The highest BCUT2D eigenvalue weighted by atomic mass is 32.2. The van der Waals surface area contributed by atoms with Gasteiger partial charge in [0.2, 0.25) is 0 Å². The maximum absolute atomic E-state index is 12.8. The van der Waals surface area contributed by atoms with Crippen LogP contribution in [-0.2, 0) is 33.8 Å². The zero-order chi connectivity index (χ0) is 26.6. The molecular formula is C32H33NO5S. The molecule has 0 radical (unpaired) electrons. The molecule has 1 fully saturated rings. The Morgan fingerprint density at radius 1 is 1.05 bits per heavy atom. The monoisotopic (exact) mass is 543 g/mol. The predicted octanol–water partition coefficient (Wildman–Crippen LogP) is 4.77. The van der Waals surface area contributed by atoms with Gasteiger partial charge < -0.3 is 18.9 Å². The fraction of sp³-hybridized carbons (Fsp3) is 0.375. The molecule has 6 nitrogen and oxygen atoms in total. The van der Waals surface area contributed by atoms with Gasteiger partial charge in [-0.1, -0.05) is 72.8 Å². The quantitative estimate of drug-likeness (QED) is 0.326. The van der Waals surface area contributed by atoms with Crippen molar-refractivity contribution < 1.29 is 22.4 Å². The summed E-state index contributed by atoms with van der Waals surface area (Å²) in [7, 11) is 2.19. The van der Waals surface area contributed by atoms with Crippen molar-refractivity contribution in [2.75, 3.05) is 20.2 Å². The summed E-state index contributed by atoms with van der Waals surface area (Å²) in [5, 5.41) is 10.9. The highest BCUT2D eigenvalue weighted by Gasteiger charge is 2.64. The standard InChI is InChI=1S/C32H33NO5S/c1-33-18-17-32-25-14-15-27(34)31(32)37-30-28(16-13-24(29(30)32)20-26(25)33)38-39(35)36-19-5-6-21-9-11-23(12-10-21)22-7-3-2-4-8-22/h2-4,7-16,25-27,31,34H,5-6,17-20H2,1H3. The molecule has 1 N–H and O–H groups in total. The van der Waals surface area contributed by atoms with Gasteiger partial charge in [0.05, 0.1) is 6.61 Å². The predicted molar refractivity (Wildman–Crippen MR) is 151 cm³/mol. The summed E-state index contributed by atoms with van der Waals surface area (Å²) in [5.74, 6) is 1.33. The van der Waals surface area contributed by atoms with Crippen LogP contribution in [-0.4, -0.2) is 52.7 Å². The van der Waals surface area contributed by atoms with Crippen LogP contribution in [0.5, 0.6) is 11.5 Å². The number of benzene rings is 3. The molecule has 6 atom stereocenters. The van der Waals surface area contributed by atoms with Crippen LogP contribution in [0.1, 0.15) is 29.5 Å². The third kappa shape index (κ3) is 4.14. The first-order chi connectivity index (χ1) is 19.0. The molecule has 7 rings (SSSR count). The van der Waals surface area contributed by atoms with Crippen LogP contribution in [0, 0.1) is 5.92 Å². The van der Waals surface area contributed by atoms with Crippen molar-refractivity contribution in [3.63, 3.8) is 0 Å². The normalized spacial score (nSPS) is 29.0. The molecule has 1 saturated heterocycles. The average molecular weight is 544 g/mol. The van der Waals surface area contributed by atoms with Crippen LogP contribution in [0.4, 0.5) is 0 Å². The van der Waals surface area contributed by atoms with Gasteiger partial charge >= 0.3 is 11.4 Å². The van der Waals surface area contributed by atoms with Gasteiger partial charge in [0, 0.05) is 22.9 Å². The van der Waals surface area contributed by atoms with Crippen LogP contribution in [0.15, 0.2) is 78.9 Å². The second-order valence-corrected chi connectivity index (χ2v) is 12.0. The van der Waals surface area contributed by atoms with Crippen LogP contribution >= 0.6 is 0 Å². The molecule has 0 saturated carbocycles. The number of hydrogen-bond acceptors (Lipinski definition) is 6. The Balaban J connectivity index is 1.01. The van der Waals surface area contributed by atoms with Crippen molar-refractivity contribution >= 4 is 11.4 Å². The minimum atomic E-state index is -1.95. The van der Waals surface area contributed by atoms with Gasteiger partial charge in [-0.15, -0.1) is 0 Å². The molecule has 39 heavy (non-hydrogen) atoms. The van der Waals surface area contributed by atoms with E-state index in [0.717, 1.165) is 37.8 Å². The van der Waals surface area contributed by atoms with Crippen molar-refractivity contribution in [3.05, 3.63) is 95.6 Å². The maximum atomic E-state index is 12.8. The second kappa shape index (κ2) is 9.89. The maximum Gasteiger partial charge on any atom is 0.360 e. The van der Waals surface area contributed by atoms with Crippen molar-refractivity contribution in [2.24, 2.45) is 5.92 Å². The van der Waals surface area contributed by atoms with Crippen molar-refractivity contribution in [1.82, 2.24) is 4.90 Å². The number of nitrogens with zero attached hydrogens (tertiary/aromatic N) is 1. The lowest BCUT2D eigenvalue weighted by Gasteiger charge is -2.56. The number of likely N-dealkylation sites (tertiary alicyclic amines) is 1. The number of aliphatic hydroxyl groups excluding tert-OH is 1. The summed E-state index contributed by atoms with van der Waals surface area (Å²) < 4.78 is 30.6. The molecule has 3 aromatic carbocycles. The summed E-state index contributed by atoms with van der Waals surface area (Å²) in [6.07, 6.45) is 6.42. The number of ether oxygens (including phenoxy) is 1. The zero-order valence-corrected chi connectivity index (χ0v) is 22.8. The molecular weight excluding hydrogens is 510 g/mol. The van der Waals surface area contributed by atoms with Crippen LogP contribution in [0.25, 0.3) is 11.1 Å². The second-order valence-electron chi connectivity index (χ2n) is 11.2. The van der Waals surface area contributed by atoms with Crippen molar-refractivity contribution in [3.8, 4) is 22.6 Å². The molecule has 2 heterocycles. The lowest BCUT2D eigenvalue weighted by atomic mass is 9.53. The molecule has 202 valence electrons. The Bertz CT molecular complexity index is 1420. The van der Waals surface area contributed by atoms with E-state index in [4.69, 9.17) is 13.1 Å². The molecule has 1 spiro atoms. The van der Waals surface area contributed by atoms with Crippen molar-refractivity contribution in [1.29, 1.82) is 0 Å². The van der Waals surface area contributed by atoms with Gasteiger partial charge in [0.1, 0.15) is 12.2 Å². The molecule has 2 bridgehead atoms. The molecule has 0 aromatic heterocycles. The summed E-state index contributed by atoms with van der Waals surface area (Å²) >= 11 is -1.95. The third-order valence-electron chi connectivity index (χ3n) is 9.14. The first-order valence-corrected chi connectivity index (χ1v) is 14.8. The summed E-state index contributed by atoms with van der Waals surface area (Å²) in [6.45, 7) is 1.27. The number of piperidine rings is 1. The number of rotatable bonds is 8.